The molecule has 0 bridgehead atoms. The Hall–Kier alpha value is -5.41. The van der Waals surface area contributed by atoms with Crippen LogP contribution in [0.25, 0.3) is 11.0 Å². The molecule has 2 N–H and O–H groups in total. The zero-order valence-electron chi connectivity index (χ0n) is 27.3. The first-order valence-electron chi connectivity index (χ1n) is 16.1. The zero-order chi connectivity index (χ0) is 35.5. The molecule has 0 amide bonds. The van der Waals surface area contributed by atoms with E-state index >= 15 is 4.39 Å². The molecule has 14 nitrogen and oxygen atoms in total. The van der Waals surface area contributed by atoms with Gasteiger partial charge < -0.3 is 29.4 Å². The predicted octanol–water partition coefficient (Wildman–Crippen LogP) is 3.06. The Morgan fingerprint density at radius 2 is 1.90 bits per heavy atom. The maximum absolute atomic E-state index is 15.3. The number of ether oxygens (including phenoxy) is 2. The van der Waals surface area contributed by atoms with E-state index in [0.29, 0.717) is 29.9 Å². The summed E-state index contributed by atoms with van der Waals surface area (Å²) in [6.07, 6.45) is 4.78. The quantitative estimate of drug-likeness (QED) is 0.227. The molecule has 0 spiro atoms. The van der Waals surface area contributed by atoms with Gasteiger partial charge in [-0.2, -0.15) is 9.29 Å². The second-order valence-corrected chi connectivity index (χ2v) is 13.7. The number of fused-ring (bicyclic) bond motifs is 1. The van der Waals surface area contributed by atoms with Crippen molar-refractivity contribution in [3.8, 4) is 17.8 Å². The third-order valence-corrected chi connectivity index (χ3v) is 10.2. The Morgan fingerprint density at radius 3 is 2.69 bits per heavy atom. The SMILES string of the molecule is CC1CN(c2ccc(Nc3ncc4cc(C#COc5ccccc5F)c(=O)n(Cc5ocnc5S(=O)(=O)N5CCOCC5)c4n3)cc2F)CCN1. The summed E-state index contributed by atoms with van der Waals surface area (Å²) < 4.78 is 74.9. The summed E-state index contributed by atoms with van der Waals surface area (Å²) in [4.78, 5) is 28.8. The number of pyridine rings is 1. The number of oxazole rings is 1. The molecule has 2 aliphatic rings. The fourth-order valence-electron chi connectivity index (χ4n) is 5.87. The summed E-state index contributed by atoms with van der Waals surface area (Å²) in [5.41, 5.74) is 0.194. The van der Waals surface area contributed by atoms with E-state index in [1.54, 1.807) is 18.2 Å². The van der Waals surface area contributed by atoms with Gasteiger partial charge in [-0.05, 0) is 49.2 Å². The van der Waals surface area contributed by atoms with Gasteiger partial charge in [-0.15, -0.1) is 0 Å². The number of benzene rings is 2. The highest BCUT2D eigenvalue weighted by molar-refractivity contribution is 7.89. The van der Waals surface area contributed by atoms with Crippen molar-refractivity contribution in [2.45, 2.75) is 24.5 Å². The van der Waals surface area contributed by atoms with Gasteiger partial charge in [0, 0.05) is 56.0 Å². The number of morpholine rings is 1. The monoisotopic (exact) mass is 718 g/mol. The number of hydrogen-bond donors (Lipinski definition) is 2. The van der Waals surface area contributed by atoms with E-state index in [-0.39, 0.29) is 66.0 Å². The van der Waals surface area contributed by atoms with Gasteiger partial charge in [0.25, 0.3) is 15.6 Å². The van der Waals surface area contributed by atoms with Crippen LogP contribution in [0.5, 0.6) is 5.75 Å². The third-order valence-electron chi connectivity index (χ3n) is 8.38. The van der Waals surface area contributed by atoms with Crippen LogP contribution in [-0.4, -0.2) is 84.2 Å². The van der Waals surface area contributed by atoms with Gasteiger partial charge >= 0.3 is 0 Å². The number of hydrogen-bond acceptors (Lipinski definition) is 12. The Kier molecular flexibility index (Phi) is 9.65. The molecule has 3 aromatic heterocycles. The number of sulfonamides is 1. The number of anilines is 3. The van der Waals surface area contributed by atoms with Gasteiger partial charge in [-0.25, -0.2) is 27.2 Å². The molecule has 0 aliphatic carbocycles. The topological polar surface area (TPSA) is 157 Å². The zero-order valence-corrected chi connectivity index (χ0v) is 28.1. The number of para-hydroxylation sites is 1. The maximum atomic E-state index is 15.3. The van der Waals surface area contributed by atoms with E-state index in [1.165, 1.54) is 45.4 Å². The first kappa shape index (κ1) is 34.1. The van der Waals surface area contributed by atoms with Crippen molar-refractivity contribution in [2.75, 3.05) is 56.2 Å². The standard InChI is InChI=1S/C34H32F2N8O6S/c1-22-19-42(10-9-37-22)28-7-6-25(17-27(28)36)40-34-38-18-24-16-23(8-13-49-29-5-3-2-4-26(29)35)33(45)44(31(24)41-34)20-30-32(39-21-50-30)51(46,47)43-11-14-48-15-12-43/h2-7,16-18,21-22,37H,9-12,14-15,19-20H2,1H3,(H,38,40,41). The minimum Gasteiger partial charge on any atom is -0.445 e. The Labute approximate surface area is 291 Å². The van der Waals surface area contributed by atoms with Crippen LogP contribution in [0.4, 0.5) is 26.1 Å². The summed E-state index contributed by atoms with van der Waals surface area (Å²) in [5, 5.41) is 6.32. The molecule has 1 unspecified atom stereocenters. The van der Waals surface area contributed by atoms with Crippen LogP contribution in [0.2, 0.25) is 0 Å². The Balaban J connectivity index is 1.25. The molecular formula is C34H32F2N8O6S. The van der Waals surface area contributed by atoms with Gasteiger partial charge in [0.1, 0.15) is 17.6 Å². The van der Waals surface area contributed by atoms with E-state index < -0.39 is 33.8 Å². The molecule has 17 heteroatoms. The average molecular weight is 719 g/mol. The highest BCUT2D eigenvalue weighted by Gasteiger charge is 2.32. The molecule has 2 fully saturated rings. The molecule has 264 valence electrons. The summed E-state index contributed by atoms with van der Waals surface area (Å²) in [5.74, 6) is 1.35. The smallest absolute Gasteiger partial charge is 0.268 e. The lowest BCUT2D eigenvalue weighted by Gasteiger charge is -2.33. The molecule has 7 rings (SSSR count). The molecule has 51 heavy (non-hydrogen) atoms. The summed E-state index contributed by atoms with van der Waals surface area (Å²) in [7, 11) is -4.10. The van der Waals surface area contributed by atoms with Crippen molar-refractivity contribution < 1.29 is 31.1 Å². The lowest BCUT2D eigenvalue weighted by Crippen LogP contribution is -2.49. The maximum Gasteiger partial charge on any atom is 0.268 e. The van der Waals surface area contributed by atoms with Crippen molar-refractivity contribution in [2.24, 2.45) is 0 Å². The van der Waals surface area contributed by atoms with E-state index in [2.05, 4.69) is 37.6 Å². The van der Waals surface area contributed by atoms with Gasteiger partial charge in [-0.3, -0.25) is 9.36 Å². The van der Waals surface area contributed by atoms with Crippen LogP contribution in [0.3, 0.4) is 0 Å². The minimum absolute atomic E-state index is 0.0408. The highest BCUT2D eigenvalue weighted by Crippen LogP contribution is 2.27. The largest absolute Gasteiger partial charge is 0.445 e. The first-order chi connectivity index (χ1) is 24.7. The second-order valence-electron chi connectivity index (χ2n) is 11.9. The lowest BCUT2D eigenvalue weighted by atomic mass is 10.2. The Bertz CT molecular complexity index is 2320. The van der Waals surface area contributed by atoms with Crippen molar-refractivity contribution in [3.05, 3.63) is 94.4 Å². The molecule has 0 saturated carbocycles. The lowest BCUT2D eigenvalue weighted by molar-refractivity contribution is 0.0729. The van der Waals surface area contributed by atoms with Gasteiger partial charge in [0.2, 0.25) is 11.0 Å². The number of nitrogens with one attached hydrogen (secondary N) is 2. The van der Waals surface area contributed by atoms with Crippen molar-refractivity contribution >= 4 is 38.4 Å². The Morgan fingerprint density at radius 1 is 1.08 bits per heavy atom. The molecule has 2 aromatic carbocycles. The number of halogens is 2. The van der Waals surface area contributed by atoms with Crippen LogP contribution < -0.4 is 25.8 Å². The van der Waals surface area contributed by atoms with Crippen molar-refractivity contribution in [1.29, 1.82) is 0 Å². The van der Waals surface area contributed by atoms with E-state index in [1.807, 2.05) is 11.8 Å². The molecule has 2 saturated heterocycles. The van der Waals surface area contributed by atoms with Crippen LogP contribution >= 0.6 is 0 Å². The molecule has 5 aromatic rings. The van der Waals surface area contributed by atoms with Crippen LogP contribution in [0.1, 0.15) is 18.2 Å². The van der Waals surface area contributed by atoms with Crippen LogP contribution in [-0.2, 0) is 21.3 Å². The summed E-state index contributed by atoms with van der Waals surface area (Å²) >= 11 is 0. The van der Waals surface area contributed by atoms with E-state index in [9.17, 15) is 17.6 Å². The molecule has 1 atom stereocenters. The molecule has 5 heterocycles. The van der Waals surface area contributed by atoms with Gasteiger partial charge in [-0.1, -0.05) is 12.1 Å². The summed E-state index contributed by atoms with van der Waals surface area (Å²) in [6.45, 7) is 4.41. The second kappa shape index (κ2) is 14.4. The van der Waals surface area contributed by atoms with Gasteiger partial charge in [0.05, 0.1) is 31.0 Å². The highest BCUT2D eigenvalue weighted by atomic mass is 32.2. The molecule has 2 aliphatic heterocycles. The van der Waals surface area contributed by atoms with Crippen molar-refractivity contribution in [3.63, 3.8) is 0 Å². The van der Waals surface area contributed by atoms with E-state index in [4.69, 9.17) is 13.9 Å². The third kappa shape index (κ3) is 7.25. The summed E-state index contributed by atoms with van der Waals surface area (Å²) in [6, 6.07) is 12.0. The minimum atomic E-state index is -4.10. The van der Waals surface area contributed by atoms with E-state index in [0.717, 1.165) is 12.9 Å². The number of nitrogens with zero attached hydrogens (tertiary/aromatic N) is 6. The number of aromatic nitrogens is 4. The normalized spacial score (nSPS) is 16.8. The fourth-order valence-corrected chi connectivity index (χ4v) is 7.32. The number of piperazine rings is 1. The average Bonchev–Trinajstić information content (AvgIpc) is 3.61. The van der Waals surface area contributed by atoms with Gasteiger partial charge in [0.15, 0.2) is 23.7 Å². The molecule has 0 radical (unpaired) electrons. The first-order valence-corrected chi connectivity index (χ1v) is 17.5. The van der Waals surface area contributed by atoms with Crippen LogP contribution in [0, 0.1) is 23.7 Å². The fraction of sp³-hybridized carbons (Fsp3) is 0.294. The predicted molar refractivity (Wildman–Crippen MR) is 182 cm³/mol. The molecular weight excluding hydrogens is 686 g/mol. The number of rotatable bonds is 8. The van der Waals surface area contributed by atoms with Crippen LogP contribution in [0.15, 0.2) is 75.4 Å². The van der Waals surface area contributed by atoms with Crippen molar-refractivity contribution in [1.82, 2.24) is 29.1 Å².